The molecule has 0 spiro atoms. The number of para-hydroxylation sites is 1. The van der Waals surface area contributed by atoms with E-state index in [0.717, 1.165) is 35.1 Å². The molecule has 2 heterocycles. The average Bonchev–Trinajstić information content (AvgIpc) is 3.36. The summed E-state index contributed by atoms with van der Waals surface area (Å²) in [6.07, 6.45) is 8.78. The van der Waals surface area contributed by atoms with Crippen molar-refractivity contribution in [3.05, 3.63) is 90.0 Å². The van der Waals surface area contributed by atoms with E-state index < -0.39 is 0 Å². The van der Waals surface area contributed by atoms with Crippen molar-refractivity contribution in [2.24, 2.45) is 0 Å². The highest BCUT2D eigenvalue weighted by molar-refractivity contribution is 6.30. The number of ether oxygens (including phenoxy) is 3. The second kappa shape index (κ2) is 9.37. The normalized spacial score (nSPS) is 16.0. The molecule has 1 aliphatic heterocycles. The minimum atomic E-state index is -0.144. The smallest absolute Gasteiger partial charge is 0.243 e. The minimum Gasteiger partial charge on any atom is -0.496 e. The highest BCUT2D eigenvalue weighted by Crippen LogP contribution is 2.31. The monoisotopic (exact) mass is 425 g/mol. The van der Waals surface area contributed by atoms with Crippen LogP contribution >= 0.6 is 11.6 Å². The zero-order valence-electron chi connectivity index (χ0n) is 17.0. The fourth-order valence-corrected chi connectivity index (χ4v) is 4.02. The summed E-state index contributed by atoms with van der Waals surface area (Å²) in [6, 6.07) is 13.8. The van der Waals surface area contributed by atoms with E-state index in [-0.39, 0.29) is 12.2 Å². The first-order valence-electron chi connectivity index (χ1n) is 10.0. The Morgan fingerprint density at radius 1 is 1.33 bits per heavy atom. The molecule has 0 N–H and O–H groups in total. The maximum absolute atomic E-state index is 6.10. The minimum absolute atomic E-state index is 0.0985. The summed E-state index contributed by atoms with van der Waals surface area (Å²) in [5.74, 6) is 1.75. The molecular weight excluding hydrogens is 400 g/mol. The predicted molar refractivity (Wildman–Crippen MR) is 116 cm³/mol. The van der Waals surface area contributed by atoms with E-state index in [2.05, 4.69) is 34.4 Å². The van der Waals surface area contributed by atoms with Crippen LogP contribution < -0.4 is 14.0 Å². The van der Waals surface area contributed by atoms with Crippen molar-refractivity contribution in [2.75, 3.05) is 13.7 Å². The Morgan fingerprint density at radius 2 is 2.20 bits per heavy atom. The molecule has 1 aliphatic rings. The molecule has 5 nitrogen and oxygen atoms in total. The molecule has 4 rings (SSSR count). The standard InChI is InChI=1S/C24H26ClN2O3/c1-3-12-29-24(21-6-4-5-7-23(21)28-2)16-27-11-10-26(17-27)15-20-14-18-13-19(25)8-9-22(18)30-20/h3-11,13,17,20,24H,1,12,14-16H2,2H3/q+1. The van der Waals surface area contributed by atoms with Crippen molar-refractivity contribution < 1.29 is 18.8 Å². The molecule has 0 fully saturated rings. The Morgan fingerprint density at radius 3 is 3.03 bits per heavy atom. The summed E-state index contributed by atoms with van der Waals surface area (Å²) in [6.45, 7) is 5.68. The zero-order valence-corrected chi connectivity index (χ0v) is 17.8. The molecule has 2 aromatic carbocycles. The van der Waals surface area contributed by atoms with Gasteiger partial charge in [-0.05, 0) is 29.8 Å². The van der Waals surface area contributed by atoms with Gasteiger partial charge in [0.15, 0.2) is 0 Å². The quantitative estimate of drug-likeness (QED) is 0.377. The van der Waals surface area contributed by atoms with Crippen LogP contribution in [0.25, 0.3) is 0 Å². The van der Waals surface area contributed by atoms with Gasteiger partial charge in [0.05, 0.1) is 13.7 Å². The van der Waals surface area contributed by atoms with Crippen LogP contribution in [0.1, 0.15) is 17.2 Å². The van der Waals surface area contributed by atoms with Crippen LogP contribution in [0.3, 0.4) is 0 Å². The number of imidazole rings is 1. The van der Waals surface area contributed by atoms with Gasteiger partial charge in [0.2, 0.25) is 6.33 Å². The number of hydrogen-bond donors (Lipinski definition) is 0. The van der Waals surface area contributed by atoms with Crippen LogP contribution in [0.4, 0.5) is 0 Å². The fourth-order valence-electron chi connectivity index (χ4n) is 3.83. The van der Waals surface area contributed by atoms with E-state index in [1.54, 1.807) is 13.2 Å². The summed E-state index contributed by atoms with van der Waals surface area (Å²) < 4.78 is 21.9. The van der Waals surface area contributed by atoms with Crippen LogP contribution in [-0.4, -0.2) is 24.4 Å². The van der Waals surface area contributed by atoms with Gasteiger partial charge in [-0.3, -0.25) is 0 Å². The highest BCUT2D eigenvalue weighted by Gasteiger charge is 2.26. The van der Waals surface area contributed by atoms with Crippen molar-refractivity contribution in [1.29, 1.82) is 0 Å². The van der Waals surface area contributed by atoms with E-state index in [4.69, 9.17) is 25.8 Å². The first kappa shape index (κ1) is 20.5. The van der Waals surface area contributed by atoms with Crippen LogP contribution in [-0.2, 0) is 24.2 Å². The molecule has 0 saturated heterocycles. The summed E-state index contributed by atoms with van der Waals surface area (Å²) in [5.41, 5.74) is 2.19. The molecule has 156 valence electrons. The van der Waals surface area contributed by atoms with E-state index in [1.165, 1.54) is 5.56 Å². The van der Waals surface area contributed by atoms with Gasteiger partial charge in [-0.2, -0.15) is 0 Å². The van der Waals surface area contributed by atoms with Crippen molar-refractivity contribution in [3.63, 3.8) is 0 Å². The summed E-state index contributed by atoms with van der Waals surface area (Å²) >= 11 is 6.10. The third kappa shape index (κ3) is 4.69. The first-order chi connectivity index (χ1) is 14.7. The lowest BCUT2D eigenvalue weighted by atomic mass is 10.1. The largest absolute Gasteiger partial charge is 0.496 e. The van der Waals surface area contributed by atoms with Gasteiger partial charge in [-0.15, -0.1) is 6.58 Å². The van der Waals surface area contributed by atoms with Gasteiger partial charge in [-0.1, -0.05) is 35.9 Å². The van der Waals surface area contributed by atoms with Gasteiger partial charge >= 0.3 is 0 Å². The van der Waals surface area contributed by atoms with Gasteiger partial charge in [0.1, 0.15) is 49.2 Å². The molecule has 1 aromatic heterocycles. The molecule has 6 heteroatoms. The number of methoxy groups -OCH3 is 1. The van der Waals surface area contributed by atoms with E-state index in [0.29, 0.717) is 13.2 Å². The van der Waals surface area contributed by atoms with Gasteiger partial charge < -0.3 is 14.2 Å². The Labute approximate surface area is 182 Å². The number of hydrogen-bond acceptors (Lipinski definition) is 3. The van der Waals surface area contributed by atoms with Crippen LogP contribution in [0.2, 0.25) is 5.02 Å². The molecule has 0 radical (unpaired) electrons. The third-order valence-corrected chi connectivity index (χ3v) is 5.44. The summed E-state index contributed by atoms with van der Waals surface area (Å²) in [5, 5.41) is 0.749. The lowest BCUT2D eigenvalue weighted by molar-refractivity contribution is -0.704. The van der Waals surface area contributed by atoms with Crippen molar-refractivity contribution in [3.8, 4) is 11.5 Å². The van der Waals surface area contributed by atoms with Gasteiger partial charge in [0, 0.05) is 17.0 Å². The SMILES string of the molecule is C=CCOC(C[n+]1ccn(CC2Cc3cc(Cl)ccc3O2)c1)c1ccccc1OC. The third-order valence-electron chi connectivity index (χ3n) is 5.20. The maximum atomic E-state index is 6.10. The Bertz CT molecular complexity index is 1020. The molecule has 2 unspecified atom stereocenters. The summed E-state index contributed by atoms with van der Waals surface area (Å²) in [4.78, 5) is 0. The average molecular weight is 426 g/mol. The highest BCUT2D eigenvalue weighted by atomic mass is 35.5. The topological polar surface area (TPSA) is 36.5 Å². The number of benzene rings is 2. The molecule has 0 bridgehead atoms. The Balaban J connectivity index is 1.44. The fraction of sp³-hybridized carbons (Fsp3) is 0.292. The van der Waals surface area contributed by atoms with Gasteiger partial charge in [-0.25, -0.2) is 9.13 Å². The number of rotatable bonds is 9. The lowest BCUT2D eigenvalue weighted by Crippen LogP contribution is -2.36. The maximum Gasteiger partial charge on any atom is 0.243 e. The lowest BCUT2D eigenvalue weighted by Gasteiger charge is -2.18. The van der Waals surface area contributed by atoms with Crippen molar-refractivity contribution in [1.82, 2.24) is 4.57 Å². The van der Waals surface area contributed by atoms with Gasteiger partial charge in [0.25, 0.3) is 0 Å². The van der Waals surface area contributed by atoms with E-state index in [9.17, 15) is 0 Å². The Kier molecular flexibility index (Phi) is 6.41. The molecule has 30 heavy (non-hydrogen) atoms. The molecule has 3 aromatic rings. The molecule has 0 amide bonds. The second-order valence-corrected chi connectivity index (χ2v) is 7.79. The van der Waals surface area contributed by atoms with Crippen LogP contribution in [0.5, 0.6) is 11.5 Å². The second-order valence-electron chi connectivity index (χ2n) is 7.36. The zero-order chi connectivity index (χ0) is 20.9. The number of aromatic nitrogens is 2. The summed E-state index contributed by atoms with van der Waals surface area (Å²) in [7, 11) is 1.68. The number of nitrogens with zero attached hydrogens (tertiary/aromatic N) is 2. The molecule has 0 aliphatic carbocycles. The van der Waals surface area contributed by atoms with Crippen molar-refractivity contribution >= 4 is 11.6 Å². The molecular formula is C24H26ClN2O3+. The number of fused-ring (bicyclic) bond motifs is 1. The Hall–Kier alpha value is -2.76. The molecule has 0 saturated carbocycles. The predicted octanol–water partition coefficient (Wildman–Crippen LogP) is 4.39. The van der Waals surface area contributed by atoms with E-state index in [1.807, 2.05) is 42.5 Å². The van der Waals surface area contributed by atoms with Crippen LogP contribution in [0, 0.1) is 0 Å². The van der Waals surface area contributed by atoms with Crippen molar-refractivity contribution in [2.45, 2.75) is 31.7 Å². The first-order valence-corrected chi connectivity index (χ1v) is 10.4. The molecule has 2 atom stereocenters. The van der Waals surface area contributed by atoms with E-state index >= 15 is 0 Å². The number of halogens is 1. The van der Waals surface area contributed by atoms with Crippen LogP contribution in [0.15, 0.2) is 73.8 Å².